The summed E-state index contributed by atoms with van der Waals surface area (Å²) in [6, 6.07) is 10.9. The topological polar surface area (TPSA) is 35.5 Å². The first-order chi connectivity index (χ1) is 9.95. The molecule has 0 aromatic heterocycles. The predicted molar refractivity (Wildman–Crippen MR) is 91.9 cm³/mol. The molecule has 0 unspecified atom stereocenters. The zero-order valence-corrected chi connectivity index (χ0v) is 15.8. The van der Waals surface area contributed by atoms with Gasteiger partial charge in [0.25, 0.3) is 0 Å². The average Bonchev–Trinajstić information content (AvgIpc) is 2.41. The summed E-state index contributed by atoms with van der Waals surface area (Å²) in [5, 5.41) is 0. The van der Waals surface area contributed by atoms with Crippen molar-refractivity contribution >= 4 is 53.8 Å². The minimum absolute atomic E-state index is 0.157. The molecular formula is C15H11Br3O3. The Bertz CT molecular complexity index is 671. The van der Waals surface area contributed by atoms with Crippen LogP contribution in [0, 0.1) is 6.92 Å². The van der Waals surface area contributed by atoms with Gasteiger partial charge in [-0.05, 0) is 64.8 Å². The number of halogens is 3. The first-order valence-corrected chi connectivity index (χ1v) is 8.38. The Morgan fingerprint density at radius 1 is 1.00 bits per heavy atom. The van der Waals surface area contributed by atoms with Crippen LogP contribution in [0.5, 0.6) is 11.5 Å². The summed E-state index contributed by atoms with van der Waals surface area (Å²) in [5.41, 5.74) is 0.877. The van der Waals surface area contributed by atoms with Crippen molar-refractivity contribution in [2.45, 2.75) is 6.92 Å². The molecule has 21 heavy (non-hydrogen) atoms. The maximum atomic E-state index is 11.8. The fraction of sp³-hybridized carbons (Fsp3) is 0.133. The number of rotatable bonds is 4. The molecule has 0 N–H and O–H groups in total. The van der Waals surface area contributed by atoms with E-state index in [1.165, 1.54) is 0 Å². The largest absolute Gasteiger partial charge is 0.481 e. The molecule has 0 aliphatic heterocycles. The van der Waals surface area contributed by atoms with Gasteiger partial charge in [-0.25, -0.2) is 4.79 Å². The molecule has 110 valence electrons. The summed E-state index contributed by atoms with van der Waals surface area (Å²) in [6.45, 7) is 1.72. The summed E-state index contributed by atoms with van der Waals surface area (Å²) in [4.78, 5) is 11.8. The number of carbonyl (C=O) groups excluding carboxylic acids is 1. The van der Waals surface area contributed by atoms with Crippen molar-refractivity contribution in [1.29, 1.82) is 0 Å². The van der Waals surface area contributed by atoms with Gasteiger partial charge in [-0.3, -0.25) is 0 Å². The van der Waals surface area contributed by atoms with E-state index in [0.29, 0.717) is 11.5 Å². The van der Waals surface area contributed by atoms with Gasteiger partial charge in [0.05, 0.1) is 4.47 Å². The third-order valence-electron chi connectivity index (χ3n) is 2.60. The molecule has 2 aromatic carbocycles. The number of aryl methyl sites for hydroxylation is 1. The lowest BCUT2D eigenvalue weighted by Gasteiger charge is -2.10. The van der Waals surface area contributed by atoms with Gasteiger partial charge in [0.1, 0.15) is 11.5 Å². The van der Waals surface area contributed by atoms with Crippen LogP contribution in [-0.2, 0) is 4.79 Å². The summed E-state index contributed by atoms with van der Waals surface area (Å²) in [6.07, 6.45) is 0. The second-order valence-electron chi connectivity index (χ2n) is 4.25. The highest BCUT2D eigenvalue weighted by Gasteiger charge is 2.10. The minimum Gasteiger partial charge on any atom is -0.481 e. The maximum absolute atomic E-state index is 11.8. The lowest BCUT2D eigenvalue weighted by Crippen LogP contribution is -2.18. The van der Waals surface area contributed by atoms with Crippen molar-refractivity contribution in [3.8, 4) is 11.5 Å². The fourth-order valence-corrected chi connectivity index (χ4v) is 3.25. The molecule has 3 nitrogen and oxygen atoms in total. The Kier molecular flexibility index (Phi) is 5.84. The third-order valence-corrected chi connectivity index (χ3v) is 4.21. The van der Waals surface area contributed by atoms with Gasteiger partial charge in [-0.1, -0.05) is 31.9 Å². The average molecular weight is 479 g/mol. The van der Waals surface area contributed by atoms with Crippen LogP contribution in [0.2, 0.25) is 0 Å². The van der Waals surface area contributed by atoms with E-state index in [1.54, 1.807) is 12.1 Å². The summed E-state index contributed by atoms with van der Waals surface area (Å²) >= 11 is 10.1. The fourth-order valence-electron chi connectivity index (χ4n) is 1.61. The third kappa shape index (κ3) is 4.83. The molecule has 0 bridgehead atoms. The van der Waals surface area contributed by atoms with E-state index in [0.717, 1.165) is 19.0 Å². The molecule has 0 spiro atoms. The lowest BCUT2D eigenvalue weighted by atomic mass is 10.2. The number of benzene rings is 2. The number of hydrogen-bond acceptors (Lipinski definition) is 3. The molecule has 6 heteroatoms. The summed E-state index contributed by atoms with van der Waals surface area (Å²) in [7, 11) is 0. The second-order valence-corrected chi connectivity index (χ2v) is 6.93. The number of hydrogen-bond donors (Lipinski definition) is 0. The lowest BCUT2D eigenvalue weighted by molar-refractivity contribution is -0.136. The van der Waals surface area contributed by atoms with Crippen LogP contribution < -0.4 is 9.47 Å². The van der Waals surface area contributed by atoms with Crippen LogP contribution in [0.3, 0.4) is 0 Å². The summed E-state index contributed by atoms with van der Waals surface area (Å²) in [5.74, 6) is 0.666. The van der Waals surface area contributed by atoms with Crippen LogP contribution in [-0.4, -0.2) is 12.6 Å². The zero-order valence-electron chi connectivity index (χ0n) is 11.0. The molecule has 2 aromatic rings. The minimum atomic E-state index is -0.449. The molecule has 0 saturated heterocycles. The molecule has 0 radical (unpaired) electrons. The van der Waals surface area contributed by atoms with Gasteiger partial charge >= 0.3 is 5.97 Å². The highest BCUT2D eigenvalue weighted by molar-refractivity contribution is 9.11. The van der Waals surface area contributed by atoms with E-state index in [9.17, 15) is 4.79 Å². The first kappa shape index (κ1) is 16.5. The molecular weight excluding hydrogens is 468 g/mol. The van der Waals surface area contributed by atoms with E-state index in [-0.39, 0.29) is 6.61 Å². The van der Waals surface area contributed by atoms with Crippen molar-refractivity contribution in [2.75, 3.05) is 6.61 Å². The van der Waals surface area contributed by atoms with Crippen LogP contribution in [0.15, 0.2) is 49.8 Å². The van der Waals surface area contributed by atoms with E-state index >= 15 is 0 Å². The van der Waals surface area contributed by atoms with Gasteiger partial charge in [0, 0.05) is 8.95 Å². The zero-order chi connectivity index (χ0) is 15.4. The van der Waals surface area contributed by atoms with E-state index in [4.69, 9.17) is 9.47 Å². The standard InChI is InChI=1S/C15H11Br3O3/c1-9-6-10(16)2-4-13(9)21-15(19)8-20-14-5-3-11(17)7-12(14)18/h2-7H,8H2,1H3. The highest BCUT2D eigenvalue weighted by Crippen LogP contribution is 2.28. The normalized spacial score (nSPS) is 10.3. The molecule has 0 saturated carbocycles. The SMILES string of the molecule is Cc1cc(Br)ccc1OC(=O)COc1ccc(Br)cc1Br. The highest BCUT2D eigenvalue weighted by atomic mass is 79.9. The van der Waals surface area contributed by atoms with Gasteiger partial charge in [-0.2, -0.15) is 0 Å². The number of esters is 1. The first-order valence-electron chi connectivity index (χ1n) is 6.00. The monoisotopic (exact) mass is 476 g/mol. The van der Waals surface area contributed by atoms with Crippen molar-refractivity contribution < 1.29 is 14.3 Å². The maximum Gasteiger partial charge on any atom is 0.349 e. The van der Waals surface area contributed by atoms with E-state index in [1.807, 2.05) is 31.2 Å². The molecule has 0 fully saturated rings. The molecule has 0 heterocycles. The van der Waals surface area contributed by atoms with Crippen molar-refractivity contribution in [3.05, 3.63) is 55.4 Å². The smallest absolute Gasteiger partial charge is 0.349 e. The van der Waals surface area contributed by atoms with Crippen molar-refractivity contribution in [3.63, 3.8) is 0 Å². The van der Waals surface area contributed by atoms with E-state index < -0.39 is 5.97 Å². The van der Waals surface area contributed by atoms with Crippen LogP contribution >= 0.6 is 47.8 Å². The van der Waals surface area contributed by atoms with Crippen molar-refractivity contribution in [1.82, 2.24) is 0 Å². The van der Waals surface area contributed by atoms with Gasteiger partial charge in [0.15, 0.2) is 6.61 Å². The Hall–Kier alpha value is -0.850. The van der Waals surface area contributed by atoms with Crippen LogP contribution in [0.1, 0.15) is 5.56 Å². The van der Waals surface area contributed by atoms with Gasteiger partial charge in [0.2, 0.25) is 0 Å². The predicted octanol–water partition coefficient (Wildman–Crippen LogP) is 5.27. The molecule has 0 atom stereocenters. The van der Waals surface area contributed by atoms with Gasteiger partial charge in [-0.15, -0.1) is 0 Å². The Labute approximate surface area is 148 Å². The molecule has 2 rings (SSSR count). The van der Waals surface area contributed by atoms with Crippen LogP contribution in [0.25, 0.3) is 0 Å². The van der Waals surface area contributed by atoms with Crippen LogP contribution in [0.4, 0.5) is 0 Å². The van der Waals surface area contributed by atoms with E-state index in [2.05, 4.69) is 47.8 Å². The van der Waals surface area contributed by atoms with Gasteiger partial charge < -0.3 is 9.47 Å². The Balaban J connectivity index is 1.96. The summed E-state index contributed by atoms with van der Waals surface area (Å²) < 4.78 is 13.3. The number of carbonyl (C=O) groups is 1. The number of ether oxygens (including phenoxy) is 2. The quantitative estimate of drug-likeness (QED) is 0.444. The molecule has 0 aliphatic rings. The molecule has 0 amide bonds. The molecule has 0 aliphatic carbocycles. The second kappa shape index (κ2) is 7.42. The Morgan fingerprint density at radius 3 is 2.24 bits per heavy atom. The Morgan fingerprint density at radius 2 is 1.62 bits per heavy atom. The van der Waals surface area contributed by atoms with Crippen molar-refractivity contribution in [2.24, 2.45) is 0 Å².